The summed E-state index contributed by atoms with van der Waals surface area (Å²) in [5.74, 6) is -0.114. The quantitative estimate of drug-likeness (QED) is 0.564. The molecule has 1 N–H and O–H groups in total. The Morgan fingerprint density at radius 2 is 2.00 bits per heavy atom. The zero-order valence-electron chi connectivity index (χ0n) is 14.7. The number of anilines is 1. The molecule has 27 heavy (non-hydrogen) atoms. The van der Waals surface area contributed by atoms with E-state index in [1.165, 1.54) is 5.56 Å². The molecule has 0 radical (unpaired) electrons. The molecule has 9 nitrogen and oxygen atoms in total. The van der Waals surface area contributed by atoms with Gasteiger partial charge >= 0.3 is 0 Å². The highest BCUT2D eigenvalue weighted by Gasteiger charge is 2.12. The number of hydrogen-bond acceptors (Lipinski definition) is 5. The van der Waals surface area contributed by atoms with Crippen molar-refractivity contribution in [1.29, 1.82) is 0 Å². The third kappa shape index (κ3) is 4.09. The maximum Gasteiger partial charge on any atom is 0.278 e. The van der Waals surface area contributed by atoms with Gasteiger partial charge in [-0.15, -0.1) is 5.10 Å². The van der Waals surface area contributed by atoms with Crippen molar-refractivity contribution in [2.75, 3.05) is 5.32 Å². The first-order valence-electron chi connectivity index (χ1n) is 8.43. The highest BCUT2D eigenvalue weighted by molar-refractivity contribution is 6.01. The molecule has 3 heterocycles. The minimum atomic E-state index is -0.359. The number of rotatable bonds is 6. The van der Waals surface area contributed by atoms with E-state index in [-0.39, 0.29) is 17.5 Å². The highest BCUT2D eigenvalue weighted by atomic mass is 16.2. The second-order valence-corrected chi connectivity index (χ2v) is 6.14. The Hall–Kier alpha value is -3.75. The van der Waals surface area contributed by atoms with Crippen molar-refractivity contribution in [3.8, 4) is 0 Å². The van der Waals surface area contributed by atoms with Crippen molar-refractivity contribution in [3.05, 3.63) is 78.1 Å². The van der Waals surface area contributed by atoms with E-state index < -0.39 is 0 Å². The Bertz CT molecular complexity index is 1050. The van der Waals surface area contributed by atoms with Gasteiger partial charge in [0.05, 0.1) is 6.54 Å². The number of aryl methyl sites for hydroxylation is 1. The molecule has 3 aromatic heterocycles. The van der Waals surface area contributed by atoms with Crippen LogP contribution in [0.2, 0.25) is 0 Å². The van der Waals surface area contributed by atoms with E-state index in [9.17, 15) is 4.79 Å². The van der Waals surface area contributed by atoms with Gasteiger partial charge < -0.3 is 0 Å². The monoisotopic (exact) mass is 362 g/mol. The predicted octanol–water partition coefficient (Wildman–Crippen LogP) is 1.79. The number of nitrogens with zero attached hydrogens (tertiary/aromatic N) is 7. The van der Waals surface area contributed by atoms with Crippen LogP contribution in [0.1, 0.15) is 21.6 Å². The second-order valence-electron chi connectivity index (χ2n) is 6.14. The Balaban J connectivity index is 1.38. The third-order valence-corrected chi connectivity index (χ3v) is 3.91. The number of nitrogens with one attached hydrogen (secondary N) is 1. The molecule has 0 fully saturated rings. The zero-order valence-corrected chi connectivity index (χ0v) is 14.7. The van der Waals surface area contributed by atoms with Crippen LogP contribution in [0.25, 0.3) is 0 Å². The first kappa shape index (κ1) is 16.7. The van der Waals surface area contributed by atoms with E-state index in [2.05, 4.69) is 31.7 Å². The fourth-order valence-corrected chi connectivity index (χ4v) is 2.69. The molecule has 0 spiro atoms. The summed E-state index contributed by atoms with van der Waals surface area (Å²) in [5.41, 5.74) is 2.60. The molecule has 9 heteroatoms. The molecular weight excluding hydrogens is 344 g/mol. The number of hydrogen-bond donors (Lipinski definition) is 1. The van der Waals surface area contributed by atoms with Crippen LogP contribution in [-0.4, -0.2) is 40.2 Å². The largest absolute Gasteiger partial charge is 0.288 e. The molecule has 0 saturated heterocycles. The van der Waals surface area contributed by atoms with Gasteiger partial charge in [0.1, 0.15) is 13.0 Å². The Labute approximate surface area is 155 Å². The summed E-state index contributed by atoms with van der Waals surface area (Å²) < 4.78 is 5.02. The zero-order chi connectivity index (χ0) is 18.6. The van der Waals surface area contributed by atoms with Gasteiger partial charge in [-0.2, -0.15) is 10.2 Å². The minimum Gasteiger partial charge on any atom is -0.288 e. The topological polar surface area (TPSA) is 95.5 Å². The maximum atomic E-state index is 12.3. The molecular formula is C18H18N8O. The SMILES string of the molecule is Cc1cccc(Cn2cnc(NC(=O)c3ccn(Cn4cccn4)n3)n2)c1. The van der Waals surface area contributed by atoms with Crippen LogP contribution in [0.3, 0.4) is 0 Å². The smallest absolute Gasteiger partial charge is 0.278 e. The van der Waals surface area contributed by atoms with Crippen molar-refractivity contribution >= 4 is 11.9 Å². The van der Waals surface area contributed by atoms with E-state index in [0.717, 1.165) is 5.56 Å². The van der Waals surface area contributed by atoms with Crippen LogP contribution >= 0.6 is 0 Å². The van der Waals surface area contributed by atoms with E-state index in [0.29, 0.717) is 13.2 Å². The minimum absolute atomic E-state index is 0.245. The van der Waals surface area contributed by atoms with E-state index in [1.807, 2.05) is 37.4 Å². The molecule has 136 valence electrons. The second kappa shape index (κ2) is 7.24. The van der Waals surface area contributed by atoms with Gasteiger partial charge in [-0.25, -0.2) is 9.67 Å². The summed E-state index contributed by atoms with van der Waals surface area (Å²) in [5, 5.41) is 15.3. The van der Waals surface area contributed by atoms with Crippen LogP contribution in [0.5, 0.6) is 0 Å². The van der Waals surface area contributed by atoms with Crippen LogP contribution in [0.4, 0.5) is 5.95 Å². The van der Waals surface area contributed by atoms with Gasteiger partial charge in [0, 0.05) is 18.6 Å². The average Bonchev–Trinajstić information content (AvgIpc) is 3.38. The molecule has 1 aromatic carbocycles. The Kier molecular flexibility index (Phi) is 4.48. The molecule has 0 aliphatic heterocycles. The summed E-state index contributed by atoms with van der Waals surface area (Å²) in [6, 6.07) is 11.6. The van der Waals surface area contributed by atoms with E-state index in [4.69, 9.17) is 0 Å². The molecule has 1 amide bonds. The molecule has 0 aliphatic carbocycles. The predicted molar refractivity (Wildman–Crippen MR) is 98.1 cm³/mol. The van der Waals surface area contributed by atoms with Gasteiger partial charge in [0.15, 0.2) is 5.69 Å². The summed E-state index contributed by atoms with van der Waals surface area (Å²) in [4.78, 5) is 16.5. The summed E-state index contributed by atoms with van der Waals surface area (Å²) >= 11 is 0. The first-order valence-corrected chi connectivity index (χ1v) is 8.43. The molecule has 4 aromatic rings. The van der Waals surface area contributed by atoms with Crippen LogP contribution < -0.4 is 5.32 Å². The van der Waals surface area contributed by atoms with Crippen molar-refractivity contribution < 1.29 is 4.79 Å². The molecule has 0 saturated carbocycles. The number of carbonyl (C=O) groups excluding carboxylic acids is 1. The molecule has 0 bridgehead atoms. The van der Waals surface area contributed by atoms with E-state index >= 15 is 0 Å². The first-order chi connectivity index (χ1) is 13.2. The number of carbonyl (C=O) groups is 1. The van der Waals surface area contributed by atoms with Crippen molar-refractivity contribution in [3.63, 3.8) is 0 Å². The Morgan fingerprint density at radius 1 is 1.07 bits per heavy atom. The number of aromatic nitrogens is 7. The summed E-state index contributed by atoms with van der Waals surface area (Å²) in [7, 11) is 0. The van der Waals surface area contributed by atoms with Gasteiger partial charge in [0.2, 0.25) is 5.95 Å². The Morgan fingerprint density at radius 3 is 2.81 bits per heavy atom. The lowest BCUT2D eigenvalue weighted by atomic mass is 10.1. The lowest BCUT2D eigenvalue weighted by Crippen LogP contribution is -2.16. The molecule has 0 atom stereocenters. The van der Waals surface area contributed by atoms with Crippen LogP contribution in [-0.2, 0) is 13.2 Å². The fraction of sp³-hybridized carbons (Fsp3) is 0.167. The van der Waals surface area contributed by atoms with E-state index in [1.54, 1.807) is 38.8 Å². The number of benzene rings is 1. The normalized spacial score (nSPS) is 10.9. The van der Waals surface area contributed by atoms with Gasteiger partial charge in [-0.3, -0.25) is 19.5 Å². The molecule has 0 aliphatic rings. The van der Waals surface area contributed by atoms with Crippen molar-refractivity contribution in [2.45, 2.75) is 20.1 Å². The standard InChI is InChI=1S/C18H18N8O/c1-14-4-2-5-15(10-14)11-26-12-19-18(23-26)21-17(27)16-6-9-25(22-16)13-24-8-3-7-20-24/h2-10,12H,11,13H2,1H3,(H,21,23,27). The lowest BCUT2D eigenvalue weighted by molar-refractivity contribution is 0.102. The number of amides is 1. The fourth-order valence-electron chi connectivity index (χ4n) is 2.69. The highest BCUT2D eigenvalue weighted by Crippen LogP contribution is 2.07. The lowest BCUT2D eigenvalue weighted by Gasteiger charge is -2.02. The third-order valence-electron chi connectivity index (χ3n) is 3.91. The van der Waals surface area contributed by atoms with Gasteiger partial charge in [0.25, 0.3) is 5.91 Å². The van der Waals surface area contributed by atoms with Crippen molar-refractivity contribution in [1.82, 2.24) is 34.3 Å². The summed E-state index contributed by atoms with van der Waals surface area (Å²) in [6.07, 6.45) is 6.83. The molecule has 4 rings (SSSR count). The average molecular weight is 362 g/mol. The van der Waals surface area contributed by atoms with Gasteiger partial charge in [-0.05, 0) is 24.6 Å². The molecule has 0 unspecified atom stereocenters. The van der Waals surface area contributed by atoms with Crippen molar-refractivity contribution in [2.24, 2.45) is 0 Å². The van der Waals surface area contributed by atoms with Gasteiger partial charge in [-0.1, -0.05) is 29.8 Å². The summed E-state index contributed by atoms with van der Waals surface area (Å²) in [6.45, 7) is 3.06. The van der Waals surface area contributed by atoms with Crippen LogP contribution in [0.15, 0.2) is 61.3 Å². The van der Waals surface area contributed by atoms with Crippen LogP contribution in [0, 0.1) is 6.92 Å². The maximum absolute atomic E-state index is 12.3.